The first kappa shape index (κ1) is 20.0. The van der Waals surface area contributed by atoms with Gasteiger partial charge in [0.1, 0.15) is 0 Å². The van der Waals surface area contributed by atoms with Gasteiger partial charge in [-0.25, -0.2) is 9.67 Å². The quantitative estimate of drug-likeness (QED) is 0.460. The predicted octanol–water partition coefficient (Wildman–Crippen LogP) is 3.86. The minimum absolute atomic E-state index is 0.671. The standard InChI is InChI=1S/C23H26N4O3/c1-17-22(18-9-10-20(28-2)21(15-18)29-3)23(24-16-26-11-13-30-14-12-26)27(25-17)19-7-5-4-6-8-19/h4-10,15-16H,11-14H2,1-3H3/b24-16+. The molecule has 7 nitrogen and oxygen atoms in total. The lowest BCUT2D eigenvalue weighted by atomic mass is 10.0. The van der Waals surface area contributed by atoms with E-state index < -0.39 is 0 Å². The van der Waals surface area contributed by atoms with E-state index in [9.17, 15) is 0 Å². The number of rotatable bonds is 6. The van der Waals surface area contributed by atoms with Crippen molar-refractivity contribution in [2.45, 2.75) is 6.92 Å². The Balaban J connectivity index is 1.83. The third kappa shape index (κ3) is 4.02. The van der Waals surface area contributed by atoms with Gasteiger partial charge in [0.05, 0.1) is 45.2 Å². The molecule has 0 radical (unpaired) electrons. The minimum Gasteiger partial charge on any atom is -0.493 e. The largest absolute Gasteiger partial charge is 0.493 e. The molecule has 1 saturated heterocycles. The van der Waals surface area contributed by atoms with Crippen molar-refractivity contribution < 1.29 is 14.2 Å². The Morgan fingerprint density at radius 1 is 1.00 bits per heavy atom. The molecule has 0 amide bonds. The Kier molecular flexibility index (Phi) is 5.99. The van der Waals surface area contributed by atoms with E-state index in [-0.39, 0.29) is 0 Å². The summed E-state index contributed by atoms with van der Waals surface area (Å²) in [7, 11) is 3.27. The molecule has 0 saturated carbocycles. The van der Waals surface area contributed by atoms with Gasteiger partial charge in [0.15, 0.2) is 17.3 Å². The van der Waals surface area contributed by atoms with Crippen LogP contribution in [-0.2, 0) is 4.74 Å². The smallest absolute Gasteiger partial charge is 0.165 e. The summed E-state index contributed by atoms with van der Waals surface area (Å²) in [5.74, 6) is 2.13. The molecule has 4 rings (SSSR count). The minimum atomic E-state index is 0.671. The van der Waals surface area contributed by atoms with Gasteiger partial charge >= 0.3 is 0 Å². The Hall–Kier alpha value is -3.32. The van der Waals surface area contributed by atoms with Crippen molar-refractivity contribution in [1.82, 2.24) is 14.7 Å². The number of morpholine rings is 1. The highest BCUT2D eigenvalue weighted by atomic mass is 16.5. The summed E-state index contributed by atoms with van der Waals surface area (Å²) in [5, 5.41) is 4.81. The van der Waals surface area contributed by atoms with Gasteiger partial charge in [-0.05, 0) is 36.8 Å². The number of ether oxygens (including phenoxy) is 3. The van der Waals surface area contributed by atoms with E-state index in [2.05, 4.69) is 4.90 Å². The molecule has 0 N–H and O–H groups in total. The predicted molar refractivity (Wildman–Crippen MR) is 117 cm³/mol. The molecule has 3 aromatic rings. The summed E-state index contributed by atoms with van der Waals surface area (Å²) >= 11 is 0. The maximum absolute atomic E-state index is 5.51. The van der Waals surface area contributed by atoms with Gasteiger partial charge in [-0.3, -0.25) is 0 Å². The van der Waals surface area contributed by atoms with Crippen LogP contribution in [0.1, 0.15) is 5.69 Å². The lowest BCUT2D eigenvalue weighted by molar-refractivity contribution is 0.0701. The van der Waals surface area contributed by atoms with E-state index in [0.717, 1.165) is 41.4 Å². The summed E-state index contributed by atoms with van der Waals surface area (Å²) in [6, 6.07) is 15.9. The number of aryl methyl sites for hydroxylation is 1. The first-order valence-corrected chi connectivity index (χ1v) is 9.94. The van der Waals surface area contributed by atoms with Crippen molar-refractivity contribution in [1.29, 1.82) is 0 Å². The summed E-state index contributed by atoms with van der Waals surface area (Å²) in [6.45, 7) is 5.08. The average Bonchev–Trinajstić information content (AvgIpc) is 3.14. The topological polar surface area (TPSA) is 61.1 Å². The van der Waals surface area contributed by atoms with E-state index in [1.54, 1.807) is 14.2 Å². The number of aromatic nitrogens is 2. The van der Waals surface area contributed by atoms with Crippen molar-refractivity contribution in [3.63, 3.8) is 0 Å². The Morgan fingerprint density at radius 2 is 1.73 bits per heavy atom. The number of para-hydroxylation sites is 1. The molecular formula is C23H26N4O3. The summed E-state index contributed by atoms with van der Waals surface area (Å²) in [5.41, 5.74) is 3.78. The van der Waals surface area contributed by atoms with Crippen molar-refractivity contribution >= 4 is 12.2 Å². The van der Waals surface area contributed by atoms with Gasteiger partial charge in [0.25, 0.3) is 0 Å². The molecule has 0 aliphatic carbocycles. The van der Waals surface area contributed by atoms with Gasteiger partial charge in [-0.15, -0.1) is 0 Å². The van der Waals surface area contributed by atoms with E-state index in [0.29, 0.717) is 24.7 Å². The Bertz CT molecular complexity index is 1020. The fourth-order valence-electron chi connectivity index (χ4n) is 3.54. The number of methoxy groups -OCH3 is 2. The first-order valence-electron chi connectivity index (χ1n) is 9.94. The fourth-order valence-corrected chi connectivity index (χ4v) is 3.54. The monoisotopic (exact) mass is 406 g/mol. The van der Waals surface area contributed by atoms with Crippen LogP contribution in [0.4, 0.5) is 5.82 Å². The zero-order chi connectivity index (χ0) is 20.9. The maximum atomic E-state index is 5.51. The summed E-state index contributed by atoms with van der Waals surface area (Å²) in [6.07, 6.45) is 1.89. The third-order valence-electron chi connectivity index (χ3n) is 5.10. The molecule has 7 heteroatoms. The molecule has 1 aliphatic rings. The molecule has 2 heterocycles. The highest BCUT2D eigenvalue weighted by Gasteiger charge is 2.19. The second-order valence-corrected chi connectivity index (χ2v) is 6.99. The molecule has 1 aromatic heterocycles. The molecule has 0 spiro atoms. The Labute approximate surface area is 176 Å². The first-order chi connectivity index (χ1) is 14.7. The van der Waals surface area contributed by atoms with Gasteiger partial charge in [0.2, 0.25) is 0 Å². The van der Waals surface area contributed by atoms with Gasteiger partial charge in [-0.1, -0.05) is 24.3 Å². The summed E-state index contributed by atoms with van der Waals surface area (Å²) < 4.78 is 18.2. The lowest BCUT2D eigenvalue weighted by Crippen LogP contribution is -2.35. The van der Waals surface area contributed by atoms with Crippen molar-refractivity contribution in [2.24, 2.45) is 4.99 Å². The van der Waals surface area contributed by atoms with Crippen molar-refractivity contribution in [2.75, 3.05) is 40.5 Å². The van der Waals surface area contributed by atoms with Crippen molar-refractivity contribution in [3.05, 3.63) is 54.2 Å². The van der Waals surface area contributed by atoms with Crippen LogP contribution >= 0.6 is 0 Å². The average molecular weight is 406 g/mol. The van der Waals surface area contributed by atoms with Crippen LogP contribution in [-0.4, -0.2) is 61.5 Å². The lowest BCUT2D eigenvalue weighted by Gasteiger charge is -2.24. The molecule has 156 valence electrons. The number of benzene rings is 2. The fraction of sp³-hybridized carbons (Fsp3) is 0.304. The Morgan fingerprint density at radius 3 is 2.43 bits per heavy atom. The van der Waals surface area contributed by atoms with Crippen LogP contribution in [0.3, 0.4) is 0 Å². The second-order valence-electron chi connectivity index (χ2n) is 6.99. The highest BCUT2D eigenvalue weighted by molar-refractivity contribution is 5.81. The number of aliphatic imine (C=N–C) groups is 1. The van der Waals surface area contributed by atoms with E-state index in [4.69, 9.17) is 24.3 Å². The third-order valence-corrected chi connectivity index (χ3v) is 5.10. The van der Waals surface area contributed by atoms with Crippen LogP contribution in [0.5, 0.6) is 11.5 Å². The van der Waals surface area contributed by atoms with E-state index in [1.165, 1.54) is 0 Å². The van der Waals surface area contributed by atoms with Crippen LogP contribution < -0.4 is 9.47 Å². The van der Waals surface area contributed by atoms with Crippen molar-refractivity contribution in [3.8, 4) is 28.3 Å². The molecule has 0 atom stereocenters. The zero-order valence-electron chi connectivity index (χ0n) is 17.5. The normalized spacial score (nSPS) is 14.3. The van der Waals surface area contributed by atoms with Gasteiger partial charge in [0, 0.05) is 18.7 Å². The van der Waals surface area contributed by atoms with Crippen LogP contribution in [0.2, 0.25) is 0 Å². The summed E-state index contributed by atoms with van der Waals surface area (Å²) in [4.78, 5) is 7.04. The van der Waals surface area contributed by atoms with E-state index in [1.807, 2.05) is 66.5 Å². The zero-order valence-corrected chi connectivity index (χ0v) is 17.5. The molecular weight excluding hydrogens is 380 g/mol. The van der Waals surface area contributed by atoms with Crippen LogP contribution in [0, 0.1) is 6.92 Å². The molecule has 0 bridgehead atoms. The van der Waals surface area contributed by atoms with E-state index >= 15 is 0 Å². The van der Waals surface area contributed by atoms with Crippen LogP contribution in [0.15, 0.2) is 53.5 Å². The molecule has 1 fully saturated rings. The molecule has 2 aromatic carbocycles. The second kappa shape index (κ2) is 9.00. The molecule has 0 unspecified atom stereocenters. The van der Waals surface area contributed by atoms with Crippen LogP contribution in [0.25, 0.3) is 16.8 Å². The van der Waals surface area contributed by atoms with Gasteiger partial charge < -0.3 is 19.1 Å². The molecule has 30 heavy (non-hydrogen) atoms. The van der Waals surface area contributed by atoms with Gasteiger partial charge in [-0.2, -0.15) is 5.10 Å². The number of hydrogen-bond donors (Lipinski definition) is 0. The maximum Gasteiger partial charge on any atom is 0.165 e. The number of hydrogen-bond acceptors (Lipinski definition) is 5. The SMILES string of the molecule is COc1ccc(-c2c(C)nn(-c3ccccc3)c2/N=C/N2CCOCC2)cc1OC. The number of nitrogens with zero attached hydrogens (tertiary/aromatic N) is 4. The molecule has 1 aliphatic heterocycles. The highest BCUT2D eigenvalue weighted by Crippen LogP contribution is 2.39.